The van der Waals surface area contributed by atoms with E-state index in [4.69, 9.17) is 37.8 Å². The first-order valence-electron chi connectivity index (χ1n) is 10.4. The Morgan fingerprint density at radius 3 is 2.58 bits per heavy atom. The van der Waals surface area contributed by atoms with Gasteiger partial charge in [-0.05, 0) is 48.4 Å². The van der Waals surface area contributed by atoms with Crippen molar-refractivity contribution in [3.05, 3.63) is 93.5 Å². The van der Waals surface area contributed by atoms with Crippen LogP contribution >= 0.6 is 23.2 Å². The summed E-state index contributed by atoms with van der Waals surface area (Å²) in [5, 5.41) is 8.11. The van der Waals surface area contributed by atoms with Crippen LogP contribution in [-0.4, -0.2) is 17.3 Å². The summed E-state index contributed by atoms with van der Waals surface area (Å²) in [4.78, 5) is 0. The van der Waals surface area contributed by atoms with Crippen LogP contribution in [-0.2, 0) is 0 Å². The normalized spacial score (nSPS) is 19.3. The van der Waals surface area contributed by atoms with Gasteiger partial charge in [0.15, 0.2) is 0 Å². The molecule has 2 aliphatic rings. The maximum Gasteiger partial charge on any atom is 0.213 e. The van der Waals surface area contributed by atoms with Gasteiger partial charge in [-0.25, -0.2) is 5.01 Å². The Balaban J connectivity index is 1.55. The Morgan fingerprint density at radius 2 is 1.84 bits per heavy atom. The summed E-state index contributed by atoms with van der Waals surface area (Å²) >= 11 is 12.9. The molecule has 0 amide bonds. The van der Waals surface area contributed by atoms with Gasteiger partial charge in [-0.15, -0.1) is 0 Å². The predicted molar refractivity (Wildman–Crippen MR) is 124 cm³/mol. The van der Waals surface area contributed by atoms with Gasteiger partial charge in [0.05, 0.1) is 23.4 Å². The van der Waals surface area contributed by atoms with Gasteiger partial charge in [0, 0.05) is 22.6 Å². The van der Waals surface area contributed by atoms with Crippen molar-refractivity contribution >= 4 is 28.9 Å². The first-order chi connectivity index (χ1) is 15.1. The van der Waals surface area contributed by atoms with Crippen molar-refractivity contribution in [3.8, 4) is 11.5 Å². The zero-order valence-electron chi connectivity index (χ0n) is 17.1. The smallest absolute Gasteiger partial charge is 0.213 e. The van der Waals surface area contributed by atoms with Crippen LogP contribution in [0.1, 0.15) is 48.7 Å². The third kappa shape index (κ3) is 3.86. The third-order valence-electron chi connectivity index (χ3n) is 5.55. The van der Waals surface area contributed by atoms with Crippen molar-refractivity contribution < 1.29 is 9.47 Å². The zero-order chi connectivity index (χ0) is 21.4. The summed E-state index contributed by atoms with van der Waals surface area (Å²) < 4.78 is 12.1. The fourth-order valence-electron chi connectivity index (χ4n) is 4.09. The van der Waals surface area contributed by atoms with E-state index in [-0.39, 0.29) is 6.04 Å². The molecule has 0 bridgehead atoms. The summed E-state index contributed by atoms with van der Waals surface area (Å²) in [5.41, 5.74) is 4.08. The summed E-state index contributed by atoms with van der Waals surface area (Å²) in [6.45, 7) is 2.79. The van der Waals surface area contributed by atoms with Gasteiger partial charge in [-0.1, -0.05) is 60.5 Å². The van der Waals surface area contributed by atoms with Crippen LogP contribution in [0.3, 0.4) is 0 Å². The van der Waals surface area contributed by atoms with Crippen molar-refractivity contribution in [2.24, 2.45) is 5.10 Å². The van der Waals surface area contributed by atoms with E-state index in [1.54, 1.807) is 6.07 Å². The lowest BCUT2D eigenvalue weighted by Crippen LogP contribution is -2.33. The standard InChI is InChI=1S/C25H22Cl2N2O2/c1-2-12-30-19-10-8-17(9-11-19)25-29-23(15-22(28-29)16-6-4-3-5-7-16)20-13-18(26)14-21(27)24(20)31-25/h3-11,13-14,23,25H,2,12,15H2,1H3. The molecule has 5 rings (SSSR count). The van der Waals surface area contributed by atoms with Gasteiger partial charge in [-0.3, -0.25) is 0 Å². The van der Waals surface area contributed by atoms with Crippen molar-refractivity contribution in [3.63, 3.8) is 0 Å². The Morgan fingerprint density at radius 1 is 1.06 bits per heavy atom. The minimum Gasteiger partial charge on any atom is -0.494 e. The lowest BCUT2D eigenvalue weighted by Gasteiger charge is -2.38. The Kier molecular flexibility index (Phi) is 5.51. The van der Waals surface area contributed by atoms with Gasteiger partial charge >= 0.3 is 0 Å². The Labute approximate surface area is 192 Å². The molecule has 2 heterocycles. The van der Waals surface area contributed by atoms with Crippen molar-refractivity contribution in [1.82, 2.24) is 5.01 Å². The molecule has 0 N–H and O–H groups in total. The number of fused-ring (bicyclic) bond motifs is 3. The molecule has 0 saturated heterocycles. The fraction of sp³-hybridized carbons (Fsp3) is 0.240. The van der Waals surface area contributed by atoms with Crippen LogP contribution in [0.25, 0.3) is 0 Å². The van der Waals surface area contributed by atoms with Crippen LogP contribution in [0.4, 0.5) is 0 Å². The van der Waals surface area contributed by atoms with Crippen molar-refractivity contribution in [2.75, 3.05) is 6.61 Å². The number of hydrogen-bond acceptors (Lipinski definition) is 4. The van der Waals surface area contributed by atoms with Crippen LogP contribution in [0.5, 0.6) is 11.5 Å². The molecule has 3 aromatic carbocycles. The number of hydrazone groups is 1. The molecule has 6 heteroatoms. The molecule has 0 aromatic heterocycles. The van der Waals surface area contributed by atoms with Gasteiger partial charge in [0.1, 0.15) is 11.5 Å². The highest BCUT2D eigenvalue weighted by Gasteiger charge is 2.42. The highest BCUT2D eigenvalue weighted by Crippen LogP contribution is 2.50. The highest BCUT2D eigenvalue weighted by atomic mass is 35.5. The summed E-state index contributed by atoms with van der Waals surface area (Å²) in [7, 11) is 0. The minimum absolute atomic E-state index is 0.00354. The van der Waals surface area contributed by atoms with E-state index in [0.717, 1.165) is 41.0 Å². The largest absolute Gasteiger partial charge is 0.494 e. The van der Waals surface area contributed by atoms with Crippen LogP contribution in [0, 0.1) is 0 Å². The molecular formula is C25H22Cl2N2O2. The SMILES string of the molecule is CCCOc1ccc(C2Oc3c(Cl)cc(Cl)cc3C3CC(c4ccccc4)=NN32)cc1. The second kappa shape index (κ2) is 8.45. The molecule has 2 unspecified atom stereocenters. The van der Waals surface area contributed by atoms with E-state index in [0.29, 0.717) is 22.4 Å². The molecule has 0 radical (unpaired) electrons. The molecule has 31 heavy (non-hydrogen) atoms. The number of benzene rings is 3. The number of ether oxygens (including phenoxy) is 2. The van der Waals surface area contributed by atoms with Gasteiger partial charge in [0.2, 0.25) is 6.23 Å². The Bertz CT molecular complexity index is 1120. The highest BCUT2D eigenvalue weighted by molar-refractivity contribution is 6.35. The van der Waals surface area contributed by atoms with E-state index in [9.17, 15) is 0 Å². The van der Waals surface area contributed by atoms with Crippen molar-refractivity contribution in [2.45, 2.75) is 32.0 Å². The molecule has 0 aliphatic carbocycles. The summed E-state index contributed by atoms with van der Waals surface area (Å²) in [6.07, 6.45) is 1.33. The van der Waals surface area contributed by atoms with E-state index < -0.39 is 6.23 Å². The molecule has 2 atom stereocenters. The molecule has 158 valence electrons. The van der Waals surface area contributed by atoms with Gasteiger partial charge < -0.3 is 9.47 Å². The maximum atomic E-state index is 6.54. The minimum atomic E-state index is -0.391. The summed E-state index contributed by atoms with van der Waals surface area (Å²) in [6, 6.07) is 21.9. The first kappa shape index (κ1) is 20.2. The average Bonchev–Trinajstić information content (AvgIpc) is 3.24. The molecular weight excluding hydrogens is 431 g/mol. The molecule has 0 saturated carbocycles. The lowest BCUT2D eigenvalue weighted by atomic mass is 9.96. The number of nitrogens with zero attached hydrogens (tertiary/aromatic N) is 2. The number of rotatable bonds is 5. The zero-order valence-corrected chi connectivity index (χ0v) is 18.6. The van der Waals surface area contributed by atoms with Gasteiger partial charge in [0.25, 0.3) is 0 Å². The van der Waals surface area contributed by atoms with Crippen LogP contribution in [0.15, 0.2) is 71.8 Å². The second-order valence-electron chi connectivity index (χ2n) is 7.71. The Hall–Kier alpha value is -2.69. The monoisotopic (exact) mass is 452 g/mol. The number of hydrogen-bond donors (Lipinski definition) is 0. The first-order valence-corrected chi connectivity index (χ1v) is 11.2. The predicted octanol–water partition coefficient (Wildman–Crippen LogP) is 7.02. The molecule has 0 spiro atoms. The van der Waals surface area contributed by atoms with E-state index in [1.165, 1.54) is 0 Å². The quantitative estimate of drug-likeness (QED) is 0.416. The molecule has 3 aromatic rings. The topological polar surface area (TPSA) is 34.1 Å². The van der Waals surface area contributed by atoms with E-state index >= 15 is 0 Å². The second-order valence-corrected chi connectivity index (χ2v) is 8.55. The summed E-state index contributed by atoms with van der Waals surface area (Å²) in [5.74, 6) is 1.52. The molecule has 2 aliphatic heterocycles. The lowest BCUT2D eigenvalue weighted by molar-refractivity contribution is -0.0189. The van der Waals surface area contributed by atoms with Crippen LogP contribution < -0.4 is 9.47 Å². The number of halogens is 2. The van der Waals surface area contributed by atoms with Crippen LogP contribution in [0.2, 0.25) is 10.0 Å². The fourth-order valence-corrected chi connectivity index (χ4v) is 4.64. The van der Waals surface area contributed by atoms with E-state index in [2.05, 4.69) is 19.1 Å². The average molecular weight is 453 g/mol. The maximum absolute atomic E-state index is 6.54. The molecule has 0 fully saturated rings. The van der Waals surface area contributed by atoms with E-state index in [1.807, 2.05) is 53.5 Å². The van der Waals surface area contributed by atoms with Crippen molar-refractivity contribution in [1.29, 1.82) is 0 Å². The third-order valence-corrected chi connectivity index (χ3v) is 6.05. The van der Waals surface area contributed by atoms with Gasteiger partial charge in [-0.2, -0.15) is 5.10 Å². The molecule has 4 nitrogen and oxygen atoms in total.